The summed E-state index contributed by atoms with van der Waals surface area (Å²) < 4.78 is 12.6. The molecule has 2 aromatic carbocycles. The summed E-state index contributed by atoms with van der Waals surface area (Å²) in [6, 6.07) is 16.4. The van der Waals surface area contributed by atoms with Crippen LogP contribution >= 0.6 is 0 Å². The molecule has 3 rings (SSSR count). The lowest BCUT2D eigenvalue weighted by Crippen LogP contribution is -2.21. The van der Waals surface area contributed by atoms with E-state index in [9.17, 15) is 9.59 Å². The second-order valence-corrected chi connectivity index (χ2v) is 6.56. The number of amides is 1. The van der Waals surface area contributed by atoms with Crippen LogP contribution in [0.1, 0.15) is 27.3 Å². The molecule has 0 saturated heterocycles. The Morgan fingerprint density at radius 3 is 2.41 bits per heavy atom. The van der Waals surface area contributed by atoms with Crippen molar-refractivity contribution in [2.45, 2.75) is 20.5 Å². The van der Waals surface area contributed by atoms with Gasteiger partial charge in [-0.3, -0.25) is 9.48 Å². The van der Waals surface area contributed by atoms with E-state index < -0.39 is 18.5 Å². The van der Waals surface area contributed by atoms with Gasteiger partial charge in [-0.2, -0.15) is 5.10 Å². The molecule has 0 spiro atoms. The third kappa shape index (κ3) is 5.01. The number of nitrogens with one attached hydrogen (secondary N) is 1. The predicted octanol–water partition coefficient (Wildman–Crippen LogP) is 3.41. The summed E-state index contributed by atoms with van der Waals surface area (Å²) in [6.45, 7) is 3.57. The van der Waals surface area contributed by atoms with Crippen LogP contribution < -0.4 is 10.1 Å². The molecule has 0 radical (unpaired) electrons. The highest BCUT2D eigenvalue weighted by Gasteiger charge is 2.17. The average molecular weight is 393 g/mol. The van der Waals surface area contributed by atoms with E-state index >= 15 is 0 Å². The highest BCUT2D eigenvalue weighted by Crippen LogP contribution is 2.21. The molecule has 7 heteroatoms. The van der Waals surface area contributed by atoms with Crippen molar-refractivity contribution >= 4 is 17.6 Å². The first-order valence-electron chi connectivity index (χ1n) is 9.18. The van der Waals surface area contributed by atoms with Gasteiger partial charge in [0.05, 0.1) is 17.1 Å². The van der Waals surface area contributed by atoms with Gasteiger partial charge in [-0.05, 0) is 31.5 Å². The molecule has 1 N–H and O–H groups in total. The number of aromatic nitrogens is 2. The summed E-state index contributed by atoms with van der Waals surface area (Å²) in [5, 5.41) is 6.98. The van der Waals surface area contributed by atoms with Gasteiger partial charge < -0.3 is 14.8 Å². The lowest BCUT2D eigenvalue weighted by molar-refractivity contribution is -0.119. The van der Waals surface area contributed by atoms with Gasteiger partial charge in [-0.25, -0.2) is 4.79 Å². The molecule has 1 heterocycles. The van der Waals surface area contributed by atoms with Gasteiger partial charge in [-0.15, -0.1) is 0 Å². The van der Waals surface area contributed by atoms with E-state index in [1.165, 1.54) is 0 Å². The maximum Gasteiger partial charge on any atom is 0.342 e. The zero-order valence-electron chi connectivity index (χ0n) is 16.6. The van der Waals surface area contributed by atoms with E-state index in [1.54, 1.807) is 42.9 Å². The Morgan fingerprint density at radius 2 is 1.72 bits per heavy atom. The van der Waals surface area contributed by atoms with Crippen molar-refractivity contribution in [1.29, 1.82) is 0 Å². The Bertz CT molecular complexity index is 1010. The molecular weight excluding hydrogens is 370 g/mol. The molecule has 0 aliphatic rings. The van der Waals surface area contributed by atoms with Crippen LogP contribution in [0.15, 0.2) is 54.6 Å². The zero-order valence-corrected chi connectivity index (χ0v) is 16.6. The lowest BCUT2D eigenvalue weighted by atomic mass is 10.2. The molecule has 0 bridgehead atoms. The first kappa shape index (κ1) is 20.1. The predicted molar refractivity (Wildman–Crippen MR) is 109 cm³/mol. The van der Waals surface area contributed by atoms with Crippen LogP contribution in [0.4, 0.5) is 5.69 Å². The molecule has 0 fully saturated rings. The number of esters is 1. The molecule has 150 valence electrons. The van der Waals surface area contributed by atoms with Crippen molar-refractivity contribution in [2.75, 3.05) is 11.9 Å². The average Bonchev–Trinajstić information content (AvgIpc) is 2.97. The summed E-state index contributed by atoms with van der Waals surface area (Å²) in [5.41, 5.74) is 3.40. The van der Waals surface area contributed by atoms with E-state index in [1.807, 2.05) is 37.3 Å². The second-order valence-electron chi connectivity index (χ2n) is 6.56. The quantitative estimate of drug-likeness (QED) is 0.622. The zero-order chi connectivity index (χ0) is 20.8. The monoisotopic (exact) mass is 393 g/mol. The molecular formula is C22H23N3O4. The van der Waals surface area contributed by atoms with Crippen LogP contribution in [-0.2, 0) is 23.2 Å². The van der Waals surface area contributed by atoms with E-state index in [4.69, 9.17) is 9.47 Å². The molecule has 0 unspecified atom stereocenters. The molecule has 0 aliphatic heterocycles. The highest BCUT2D eigenvalue weighted by atomic mass is 16.5. The molecule has 3 aromatic rings. The molecule has 0 aliphatic carbocycles. The SMILES string of the molecule is Cc1nn(C)c(C)c1NC(=O)COC(=O)c1ccccc1OCc1ccccc1. The lowest BCUT2D eigenvalue weighted by Gasteiger charge is -2.11. The molecule has 7 nitrogen and oxygen atoms in total. The maximum absolute atomic E-state index is 12.5. The van der Waals surface area contributed by atoms with Crippen molar-refractivity contribution in [2.24, 2.45) is 7.05 Å². The minimum atomic E-state index is -0.622. The number of ether oxygens (including phenoxy) is 2. The van der Waals surface area contributed by atoms with Gasteiger partial charge in [0.15, 0.2) is 6.61 Å². The van der Waals surface area contributed by atoms with E-state index in [2.05, 4.69) is 10.4 Å². The normalized spacial score (nSPS) is 10.4. The topological polar surface area (TPSA) is 82.5 Å². The van der Waals surface area contributed by atoms with Gasteiger partial charge >= 0.3 is 5.97 Å². The highest BCUT2D eigenvalue weighted by molar-refractivity contribution is 5.97. The summed E-state index contributed by atoms with van der Waals surface area (Å²) >= 11 is 0. The number of carbonyl (C=O) groups excluding carboxylic acids is 2. The molecule has 0 atom stereocenters. The van der Waals surface area contributed by atoms with Crippen LogP contribution in [0.25, 0.3) is 0 Å². The first-order valence-corrected chi connectivity index (χ1v) is 9.18. The number of carbonyl (C=O) groups is 2. The fraction of sp³-hybridized carbons (Fsp3) is 0.227. The maximum atomic E-state index is 12.5. The van der Waals surface area contributed by atoms with Gasteiger partial charge in [-0.1, -0.05) is 42.5 Å². The van der Waals surface area contributed by atoms with Crippen molar-refractivity contribution in [3.05, 3.63) is 77.1 Å². The minimum absolute atomic E-state index is 0.268. The number of hydrogen-bond donors (Lipinski definition) is 1. The number of para-hydroxylation sites is 1. The van der Waals surface area contributed by atoms with E-state index in [-0.39, 0.29) is 5.56 Å². The second kappa shape index (κ2) is 9.05. The summed E-state index contributed by atoms with van der Waals surface area (Å²) in [7, 11) is 1.80. The standard InChI is InChI=1S/C22H23N3O4/c1-15-21(16(2)25(3)24-15)23-20(26)14-29-22(27)18-11-7-8-12-19(18)28-13-17-9-5-4-6-10-17/h4-12H,13-14H2,1-3H3,(H,23,26). The van der Waals surface area contributed by atoms with E-state index in [0.29, 0.717) is 23.7 Å². The summed E-state index contributed by atoms with van der Waals surface area (Å²) in [5.74, 6) is -0.649. The smallest absolute Gasteiger partial charge is 0.342 e. The molecule has 1 aromatic heterocycles. The fourth-order valence-corrected chi connectivity index (χ4v) is 2.84. The number of nitrogens with zero attached hydrogens (tertiary/aromatic N) is 2. The largest absolute Gasteiger partial charge is 0.488 e. The Balaban J connectivity index is 1.60. The number of hydrogen-bond acceptors (Lipinski definition) is 5. The summed E-state index contributed by atoms with van der Waals surface area (Å²) in [4.78, 5) is 24.7. The van der Waals surface area contributed by atoms with Gasteiger partial charge in [0.1, 0.15) is 17.9 Å². The van der Waals surface area contributed by atoms with Crippen molar-refractivity contribution in [1.82, 2.24) is 9.78 Å². The van der Waals surface area contributed by atoms with Crippen molar-refractivity contribution in [3.8, 4) is 5.75 Å². The van der Waals surface area contributed by atoms with Gasteiger partial charge in [0.25, 0.3) is 5.91 Å². The van der Waals surface area contributed by atoms with Crippen molar-refractivity contribution < 1.29 is 19.1 Å². The summed E-state index contributed by atoms with van der Waals surface area (Å²) in [6.07, 6.45) is 0. The Labute approximate surface area is 169 Å². The van der Waals surface area contributed by atoms with Crippen LogP contribution in [0.3, 0.4) is 0 Å². The Kier molecular flexibility index (Phi) is 6.29. The number of aryl methyl sites for hydroxylation is 2. The molecule has 1 amide bonds. The first-order chi connectivity index (χ1) is 14.0. The van der Waals surface area contributed by atoms with E-state index in [0.717, 1.165) is 11.3 Å². The van der Waals surface area contributed by atoms with Crippen LogP contribution in [0.5, 0.6) is 5.75 Å². The van der Waals surface area contributed by atoms with Crippen molar-refractivity contribution in [3.63, 3.8) is 0 Å². The van der Waals surface area contributed by atoms with Crippen LogP contribution in [-0.4, -0.2) is 28.3 Å². The Hall–Kier alpha value is -3.61. The molecule has 0 saturated carbocycles. The number of rotatable bonds is 7. The number of benzene rings is 2. The Morgan fingerprint density at radius 1 is 1.03 bits per heavy atom. The van der Waals surface area contributed by atoms with Crippen LogP contribution in [0.2, 0.25) is 0 Å². The third-order valence-corrected chi connectivity index (χ3v) is 4.45. The minimum Gasteiger partial charge on any atom is -0.488 e. The molecule has 29 heavy (non-hydrogen) atoms. The van der Waals surface area contributed by atoms with Crippen LogP contribution in [0, 0.1) is 13.8 Å². The fourth-order valence-electron chi connectivity index (χ4n) is 2.84. The number of anilines is 1. The van der Waals surface area contributed by atoms with Gasteiger partial charge in [0, 0.05) is 7.05 Å². The third-order valence-electron chi connectivity index (χ3n) is 4.45. The van der Waals surface area contributed by atoms with Gasteiger partial charge in [0.2, 0.25) is 0 Å².